The molecule has 1 aliphatic heterocycles. The van der Waals surface area contributed by atoms with E-state index in [2.05, 4.69) is 15.3 Å². The van der Waals surface area contributed by atoms with Gasteiger partial charge >= 0.3 is 0 Å². The Hall–Kier alpha value is -0.920. The van der Waals surface area contributed by atoms with Crippen molar-refractivity contribution in [3.63, 3.8) is 0 Å². The van der Waals surface area contributed by atoms with Crippen molar-refractivity contribution in [3.8, 4) is 0 Å². The molecule has 0 saturated carbocycles. The SMILES string of the molecule is CCc1ncc(S(=O)(=O)N2CCNC[C@H]2C)[nH]1. The van der Waals surface area contributed by atoms with E-state index in [1.54, 1.807) is 0 Å². The Balaban J connectivity index is 2.28. The predicted octanol–water partition coefficient (Wildman–Crippen LogP) is -0.0455. The summed E-state index contributed by atoms with van der Waals surface area (Å²) in [4.78, 5) is 6.90. The number of aromatic nitrogens is 2. The number of imidazole rings is 1. The molecule has 0 spiro atoms. The Morgan fingerprint density at radius 1 is 1.59 bits per heavy atom. The van der Waals surface area contributed by atoms with Gasteiger partial charge in [-0.3, -0.25) is 0 Å². The summed E-state index contributed by atoms with van der Waals surface area (Å²) in [6.07, 6.45) is 2.11. The second-order valence-electron chi connectivity index (χ2n) is 4.22. The number of hydrogen-bond acceptors (Lipinski definition) is 4. The van der Waals surface area contributed by atoms with E-state index in [0.29, 0.717) is 31.9 Å². The largest absolute Gasteiger partial charge is 0.332 e. The maximum Gasteiger partial charge on any atom is 0.260 e. The highest BCUT2D eigenvalue weighted by Crippen LogP contribution is 2.17. The average molecular weight is 258 g/mol. The smallest absolute Gasteiger partial charge is 0.260 e. The van der Waals surface area contributed by atoms with Crippen molar-refractivity contribution in [2.24, 2.45) is 0 Å². The fourth-order valence-corrected chi connectivity index (χ4v) is 3.53. The van der Waals surface area contributed by atoms with Crippen LogP contribution in [0.1, 0.15) is 19.7 Å². The fourth-order valence-electron chi connectivity index (χ4n) is 1.96. The summed E-state index contributed by atoms with van der Waals surface area (Å²) in [5.74, 6) is 0.700. The molecule has 1 aromatic heterocycles. The molecule has 2 N–H and O–H groups in total. The quantitative estimate of drug-likeness (QED) is 0.797. The van der Waals surface area contributed by atoms with Crippen molar-refractivity contribution in [2.45, 2.75) is 31.3 Å². The molecular formula is C10H18N4O2S. The Morgan fingerprint density at radius 2 is 2.35 bits per heavy atom. The second-order valence-corrected chi connectivity index (χ2v) is 6.08. The van der Waals surface area contributed by atoms with Crippen molar-refractivity contribution in [3.05, 3.63) is 12.0 Å². The van der Waals surface area contributed by atoms with Gasteiger partial charge < -0.3 is 10.3 Å². The molecule has 7 heteroatoms. The number of aromatic amines is 1. The monoisotopic (exact) mass is 258 g/mol. The van der Waals surface area contributed by atoms with Crippen LogP contribution in [0.25, 0.3) is 0 Å². The van der Waals surface area contributed by atoms with Crippen LogP contribution in [0.2, 0.25) is 0 Å². The molecule has 0 aromatic carbocycles. The summed E-state index contributed by atoms with van der Waals surface area (Å²) < 4.78 is 26.2. The first-order chi connectivity index (χ1) is 8.05. The lowest BCUT2D eigenvalue weighted by Gasteiger charge is -2.32. The second kappa shape index (κ2) is 4.75. The molecule has 96 valence electrons. The molecule has 0 amide bonds. The highest BCUT2D eigenvalue weighted by molar-refractivity contribution is 7.89. The summed E-state index contributed by atoms with van der Waals surface area (Å²) in [5.41, 5.74) is 0. The molecule has 1 aliphatic rings. The van der Waals surface area contributed by atoms with E-state index in [4.69, 9.17) is 0 Å². The molecule has 17 heavy (non-hydrogen) atoms. The van der Waals surface area contributed by atoms with Crippen molar-refractivity contribution in [1.82, 2.24) is 19.6 Å². The van der Waals surface area contributed by atoms with Crippen LogP contribution >= 0.6 is 0 Å². The number of aryl methyl sites for hydroxylation is 1. The normalized spacial score (nSPS) is 22.8. The lowest BCUT2D eigenvalue weighted by atomic mass is 10.3. The van der Waals surface area contributed by atoms with Gasteiger partial charge in [0.2, 0.25) is 0 Å². The van der Waals surface area contributed by atoms with E-state index in [1.807, 2.05) is 13.8 Å². The number of sulfonamides is 1. The molecule has 0 unspecified atom stereocenters. The molecule has 1 aromatic rings. The van der Waals surface area contributed by atoms with E-state index < -0.39 is 10.0 Å². The molecular weight excluding hydrogens is 240 g/mol. The van der Waals surface area contributed by atoms with Gasteiger partial charge in [0.05, 0.1) is 6.20 Å². The highest BCUT2D eigenvalue weighted by Gasteiger charge is 2.32. The summed E-state index contributed by atoms with van der Waals surface area (Å²) in [6, 6.07) is -0.0258. The van der Waals surface area contributed by atoms with Crippen molar-refractivity contribution in [2.75, 3.05) is 19.6 Å². The first-order valence-corrected chi connectivity index (χ1v) is 7.26. The van der Waals surface area contributed by atoms with Gasteiger partial charge in [0.15, 0.2) is 5.03 Å². The number of nitrogens with one attached hydrogen (secondary N) is 2. The summed E-state index contributed by atoms with van der Waals surface area (Å²) >= 11 is 0. The molecule has 0 radical (unpaired) electrons. The molecule has 0 aliphatic carbocycles. The van der Waals surface area contributed by atoms with Gasteiger partial charge in [-0.2, -0.15) is 4.31 Å². The van der Waals surface area contributed by atoms with Crippen LogP contribution in [-0.4, -0.2) is 48.4 Å². The maximum atomic E-state index is 12.4. The Labute approximate surface area is 101 Å². The lowest BCUT2D eigenvalue weighted by molar-refractivity contribution is 0.283. The maximum absolute atomic E-state index is 12.4. The lowest BCUT2D eigenvalue weighted by Crippen LogP contribution is -2.52. The minimum absolute atomic E-state index is 0.0258. The van der Waals surface area contributed by atoms with Crippen molar-refractivity contribution < 1.29 is 8.42 Å². The number of hydrogen-bond donors (Lipinski definition) is 2. The van der Waals surface area contributed by atoms with Gasteiger partial charge in [-0.25, -0.2) is 13.4 Å². The highest BCUT2D eigenvalue weighted by atomic mass is 32.2. The van der Waals surface area contributed by atoms with Gasteiger partial charge in [-0.1, -0.05) is 6.92 Å². The van der Waals surface area contributed by atoms with Crippen LogP contribution in [0.3, 0.4) is 0 Å². The van der Waals surface area contributed by atoms with Crippen LogP contribution in [0.15, 0.2) is 11.2 Å². The van der Waals surface area contributed by atoms with Crippen molar-refractivity contribution >= 4 is 10.0 Å². The number of H-pyrrole nitrogens is 1. The van der Waals surface area contributed by atoms with E-state index in [1.165, 1.54) is 10.5 Å². The zero-order valence-electron chi connectivity index (χ0n) is 10.1. The van der Waals surface area contributed by atoms with Crippen LogP contribution in [-0.2, 0) is 16.4 Å². The standard InChI is InChI=1S/C10H18N4O2S/c1-3-9-12-7-10(13-9)17(15,16)14-5-4-11-6-8(14)2/h7-8,11H,3-6H2,1-2H3,(H,12,13)/t8-/m1/s1. The minimum Gasteiger partial charge on any atom is -0.332 e. The summed E-state index contributed by atoms with van der Waals surface area (Å²) in [5, 5.41) is 3.37. The van der Waals surface area contributed by atoms with E-state index in [0.717, 1.165) is 0 Å². The van der Waals surface area contributed by atoms with Gasteiger partial charge in [-0.05, 0) is 6.92 Å². The Morgan fingerprint density at radius 3 is 2.94 bits per heavy atom. The zero-order chi connectivity index (χ0) is 12.5. The molecule has 1 atom stereocenters. The summed E-state index contributed by atoms with van der Waals surface area (Å²) in [6.45, 7) is 5.72. The van der Waals surface area contributed by atoms with Crippen LogP contribution in [0.5, 0.6) is 0 Å². The first kappa shape index (κ1) is 12.5. The van der Waals surface area contributed by atoms with Gasteiger partial charge in [0.25, 0.3) is 10.0 Å². The zero-order valence-corrected chi connectivity index (χ0v) is 10.9. The third-order valence-electron chi connectivity index (χ3n) is 2.97. The molecule has 0 bridgehead atoms. The average Bonchev–Trinajstić information content (AvgIpc) is 2.78. The van der Waals surface area contributed by atoms with Gasteiger partial charge in [0.1, 0.15) is 5.82 Å². The molecule has 2 rings (SSSR count). The van der Waals surface area contributed by atoms with E-state index >= 15 is 0 Å². The topological polar surface area (TPSA) is 78.1 Å². The Kier molecular flexibility index (Phi) is 3.50. The molecule has 1 saturated heterocycles. The molecule has 1 fully saturated rings. The third kappa shape index (κ3) is 2.36. The minimum atomic E-state index is -3.43. The van der Waals surface area contributed by atoms with Crippen LogP contribution < -0.4 is 5.32 Å². The first-order valence-electron chi connectivity index (χ1n) is 5.82. The molecule has 6 nitrogen and oxygen atoms in total. The Bertz CT molecular complexity index is 482. The number of piperazine rings is 1. The van der Waals surface area contributed by atoms with Crippen LogP contribution in [0.4, 0.5) is 0 Å². The number of nitrogens with zero attached hydrogens (tertiary/aromatic N) is 2. The number of rotatable bonds is 3. The predicted molar refractivity (Wildman–Crippen MR) is 64.2 cm³/mol. The summed E-state index contributed by atoms with van der Waals surface area (Å²) in [7, 11) is -3.43. The van der Waals surface area contributed by atoms with E-state index in [-0.39, 0.29) is 11.1 Å². The molecule has 2 heterocycles. The van der Waals surface area contributed by atoms with Crippen molar-refractivity contribution in [1.29, 1.82) is 0 Å². The fraction of sp³-hybridized carbons (Fsp3) is 0.700. The third-order valence-corrected chi connectivity index (χ3v) is 4.89. The van der Waals surface area contributed by atoms with E-state index in [9.17, 15) is 8.42 Å². The van der Waals surface area contributed by atoms with Gasteiger partial charge in [-0.15, -0.1) is 0 Å². The van der Waals surface area contributed by atoms with Gasteiger partial charge in [0, 0.05) is 32.1 Å². The van der Waals surface area contributed by atoms with Crippen LogP contribution in [0, 0.1) is 0 Å².